The third kappa shape index (κ3) is 1.64. The second kappa shape index (κ2) is 4.09. The van der Waals surface area contributed by atoms with Crippen LogP contribution in [-0.4, -0.2) is 18.5 Å². The van der Waals surface area contributed by atoms with Crippen LogP contribution in [0.15, 0.2) is 18.2 Å². The molecule has 1 spiro atoms. The summed E-state index contributed by atoms with van der Waals surface area (Å²) in [7, 11) is 2.29. The van der Waals surface area contributed by atoms with Gasteiger partial charge in [-0.1, -0.05) is 38.5 Å². The molecule has 0 N–H and O–H groups in total. The van der Waals surface area contributed by atoms with E-state index in [4.69, 9.17) is 0 Å². The molecule has 1 heteroatoms. The van der Waals surface area contributed by atoms with Gasteiger partial charge in [-0.15, -0.1) is 0 Å². The highest BCUT2D eigenvalue weighted by molar-refractivity contribution is 5.44. The second-order valence-electron chi connectivity index (χ2n) is 6.73. The monoisotopic (exact) mass is 243 g/mol. The Morgan fingerprint density at radius 3 is 2.56 bits per heavy atom. The van der Waals surface area contributed by atoms with E-state index in [0.29, 0.717) is 17.4 Å². The van der Waals surface area contributed by atoms with Crippen molar-refractivity contribution < 1.29 is 0 Å². The average Bonchev–Trinajstić information content (AvgIpc) is 2.31. The van der Waals surface area contributed by atoms with Crippen LogP contribution in [0.2, 0.25) is 0 Å². The van der Waals surface area contributed by atoms with E-state index in [0.717, 1.165) is 0 Å². The van der Waals surface area contributed by atoms with Crippen molar-refractivity contribution >= 4 is 0 Å². The highest BCUT2D eigenvalue weighted by Gasteiger charge is 2.45. The first-order chi connectivity index (χ1) is 8.53. The molecule has 0 bridgehead atoms. The number of fused-ring (bicyclic) bond motifs is 2. The van der Waals surface area contributed by atoms with Gasteiger partial charge in [0.2, 0.25) is 0 Å². The molecule has 98 valence electrons. The summed E-state index contributed by atoms with van der Waals surface area (Å²) in [6.45, 7) is 8.19. The lowest BCUT2D eigenvalue weighted by Gasteiger charge is -2.51. The van der Waals surface area contributed by atoms with Crippen LogP contribution in [0.5, 0.6) is 0 Å². The summed E-state index contributed by atoms with van der Waals surface area (Å²) in [6.07, 6.45) is 4.18. The van der Waals surface area contributed by atoms with Crippen molar-refractivity contribution in [1.29, 1.82) is 0 Å². The SMILES string of the molecule is CC(C)c1ccc2c(c1)C(C)N(C)CC21CCC1. The van der Waals surface area contributed by atoms with Crippen LogP contribution in [0.1, 0.15) is 68.7 Å². The fraction of sp³-hybridized carbons (Fsp3) is 0.647. The molecule has 1 aromatic rings. The molecule has 0 radical (unpaired) electrons. The molecular formula is C17H25N. The second-order valence-corrected chi connectivity index (χ2v) is 6.73. The predicted molar refractivity (Wildman–Crippen MR) is 77.1 cm³/mol. The summed E-state index contributed by atoms with van der Waals surface area (Å²) in [5.41, 5.74) is 5.23. The molecule has 1 nitrogen and oxygen atoms in total. The fourth-order valence-corrected chi connectivity index (χ4v) is 3.74. The zero-order chi connectivity index (χ0) is 12.9. The van der Waals surface area contributed by atoms with Gasteiger partial charge in [0.25, 0.3) is 0 Å². The van der Waals surface area contributed by atoms with Gasteiger partial charge < -0.3 is 0 Å². The number of likely N-dealkylation sites (N-methyl/N-ethyl adjacent to an activating group) is 1. The Morgan fingerprint density at radius 1 is 1.28 bits per heavy atom. The van der Waals surface area contributed by atoms with E-state index in [-0.39, 0.29) is 0 Å². The number of hydrogen-bond donors (Lipinski definition) is 0. The van der Waals surface area contributed by atoms with Gasteiger partial charge in [0.1, 0.15) is 0 Å². The first-order valence-electron chi connectivity index (χ1n) is 7.38. The van der Waals surface area contributed by atoms with Crippen molar-refractivity contribution in [3.05, 3.63) is 34.9 Å². The third-order valence-corrected chi connectivity index (χ3v) is 5.29. The van der Waals surface area contributed by atoms with Gasteiger partial charge >= 0.3 is 0 Å². The molecule has 3 rings (SSSR count). The van der Waals surface area contributed by atoms with Crippen LogP contribution >= 0.6 is 0 Å². The number of rotatable bonds is 1. The Morgan fingerprint density at radius 2 is 2.00 bits per heavy atom. The maximum atomic E-state index is 2.55. The number of nitrogens with zero attached hydrogens (tertiary/aromatic N) is 1. The van der Waals surface area contributed by atoms with Crippen molar-refractivity contribution in [1.82, 2.24) is 4.90 Å². The molecular weight excluding hydrogens is 218 g/mol. The highest BCUT2D eigenvalue weighted by Crippen LogP contribution is 2.50. The van der Waals surface area contributed by atoms with Gasteiger partial charge in [0.05, 0.1) is 0 Å². The molecule has 0 saturated heterocycles. The molecule has 2 aliphatic rings. The van der Waals surface area contributed by atoms with Crippen LogP contribution in [0, 0.1) is 0 Å². The molecule has 1 atom stereocenters. The zero-order valence-electron chi connectivity index (χ0n) is 12.2. The molecule has 0 aromatic heterocycles. The lowest BCUT2D eigenvalue weighted by molar-refractivity contribution is 0.109. The Balaban J connectivity index is 2.10. The van der Waals surface area contributed by atoms with Gasteiger partial charge in [-0.3, -0.25) is 4.90 Å². The minimum atomic E-state index is 0.492. The Bertz CT molecular complexity index is 457. The summed E-state index contributed by atoms with van der Waals surface area (Å²) in [5.74, 6) is 0.632. The lowest BCUT2D eigenvalue weighted by Crippen LogP contribution is -2.49. The predicted octanol–water partition coefficient (Wildman–Crippen LogP) is 4.24. The summed E-state index contributed by atoms with van der Waals surface area (Å²) in [5, 5.41) is 0. The van der Waals surface area contributed by atoms with Gasteiger partial charge in [-0.25, -0.2) is 0 Å². The van der Waals surface area contributed by atoms with Crippen LogP contribution in [0.25, 0.3) is 0 Å². The summed E-state index contributed by atoms with van der Waals surface area (Å²) in [6, 6.07) is 7.85. The molecule has 1 fully saturated rings. The summed E-state index contributed by atoms with van der Waals surface area (Å²) < 4.78 is 0. The van der Waals surface area contributed by atoms with Crippen molar-refractivity contribution in [2.75, 3.05) is 13.6 Å². The first kappa shape index (κ1) is 12.2. The number of hydrogen-bond acceptors (Lipinski definition) is 1. The van der Waals surface area contributed by atoms with Gasteiger partial charge in [0, 0.05) is 18.0 Å². The zero-order valence-corrected chi connectivity index (χ0v) is 12.2. The molecule has 1 aliphatic carbocycles. The molecule has 0 amide bonds. The molecule has 1 aliphatic heterocycles. The van der Waals surface area contributed by atoms with Gasteiger partial charge in [0.15, 0.2) is 0 Å². The van der Waals surface area contributed by atoms with E-state index >= 15 is 0 Å². The fourth-order valence-electron chi connectivity index (χ4n) is 3.74. The van der Waals surface area contributed by atoms with E-state index < -0.39 is 0 Å². The van der Waals surface area contributed by atoms with Crippen LogP contribution in [0.4, 0.5) is 0 Å². The Kier molecular flexibility index (Phi) is 2.78. The maximum Gasteiger partial charge on any atom is 0.0320 e. The van der Waals surface area contributed by atoms with E-state index in [2.05, 4.69) is 50.9 Å². The minimum Gasteiger partial charge on any atom is -0.299 e. The van der Waals surface area contributed by atoms with Crippen molar-refractivity contribution in [3.8, 4) is 0 Å². The van der Waals surface area contributed by atoms with Crippen molar-refractivity contribution in [2.24, 2.45) is 0 Å². The van der Waals surface area contributed by atoms with E-state index in [1.165, 1.54) is 31.4 Å². The van der Waals surface area contributed by atoms with E-state index in [9.17, 15) is 0 Å². The normalized spacial score (nSPS) is 26.2. The molecule has 1 saturated carbocycles. The quantitative estimate of drug-likeness (QED) is 0.713. The van der Waals surface area contributed by atoms with Gasteiger partial charge in [-0.2, -0.15) is 0 Å². The van der Waals surface area contributed by atoms with Crippen molar-refractivity contribution in [3.63, 3.8) is 0 Å². The van der Waals surface area contributed by atoms with Crippen molar-refractivity contribution in [2.45, 2.75) is 57.4 Å². The van der Waals surface area contributed by atoms with E-state index in [1.807, 2.05) is 0 Å². The number of benzene rings is 1. The first-order valence-corrected chi connectivity index (χ1v) is 7.38. The van der Waals surface area contributed by atoms with Gasteiger partial charge in [-0.05, 0) is 49.4 Å². The topological polar surface area (TPSA) is 3.24 Å². The maximum absolute atomic E-state index is 2.55. The summed E-state index contributed by atoms with van der Waals surface area (Å²) in [4.78, 5) is 2.55. The van der Waals surface area contributed by atoms with Crippen LogP contribution in [-0.2, 0) is 5.41 Å². The Labute approximate surface area is 111 Å². The molecule has 1 heterocycles. The molecule has 1 aromatic carbocycles. The average molecular weight is 243 g/mol. The highest BCUT2D eigenvalue weighted by atomic mass is 15.1. The largest absolute Gasteiger partial charge is 0.299 e. The third-order valence-electron chi connectivity index (χ3n) is 5.29. The Hall–Kier alpha value is -0.820. The summed E-state index contributed by atoms with van der Waals surface area (Å²) >= 11 is 0. The minimum absolute atomic E-state index is 0.492. The standard InChI is InChI=1S/C17H25N/c1-12(2)14-6-7-16-15(10-14)13(3)18(4)11-17(16)8-5-9-17/h6-7,10,12-13H,5,8-9,11H2,1-4H3. The van der Waals surface area contributed by atoms with Crippen LogP contribution in [0.3, 0.4) is 0 Å². The van der Waals surface area contributed by atoms with Crippen LogP contribution < -0.4 is 0 Å². The molecule has 18 heavy (non-hydrogen) atoms. The van der Waals surface area contributed by atoms with E-state index in [1.54, 1.807) is 11.1 Å². The molecule has 1 unspecified atom stereocenters. The smallest absolute Gasteiger partial charge is 0.0320 e. The lowest BCUT2D eigenvalue weighted by atomic mass is 9.60.